The third-order valence-corrected chi connectivity index (χ3v) is 10.2. The van der Waals surface area contributed by atoms with Gasteiger partial charge < -0.3 is 10.4 Å². The highest BCUT2D eigenvalue weighted by Gasteiger charge is 2.27. The fourth-order valence-corrected chi connectivity index (χ4v) is 6.65. The molecule has 258 valence electrons. The number of amides is 1. The van der Waals surface area contributed by atoms with Crippen LogP contribution in [0, 0.1) is 11.7 Å². The maximum atomic E-state index is 15.2. The van der Waals surface area contributed by atoms with Gasteiger partial charge in [-0.3, -0.25) is 14.4 Å². The summed E-state index contributed by atoms with van der Waals surface area (Å²) in [5.41, 5.74) is 5.40. The van der Waals surface area contributed by atoms with Crippen LogP contribution in [0.4, 0.5) is 4.39 Å². The number of aliphatic carboxylic acids is 1. The molecule has 0 aliphatic carbocycles. The summed E-state index contributed by atoms with van der Waals surface area (Å²) in [5, 5.41) is 11.9. The number of Topliss-reactive ketones (excluding diaryl/α,β-unsaturated/α-hetero) is 1. The molecule has 2 heterocycles. The van der Waals surface area contributed by atoms with Crippen LogP contribution in [0.5, 0.6) is 0 Å². The van der Waals surface area contributed by atoms with Crippen molar-refractivity contribution in [2.75, 3.05) is 0 Å². The fourth-order valence-electron chi connectivity index (χ4n) is 5.64. The number of hydrogen-bond acceptors (Lipinski definition) is 6. The van der Waals surface area contributed by atoms with E-state index in [1.54, 1.807) is 24.5 Å². The van der Waals surface area contributed by atoms with Crippen LogP contribution >= 0.6 is 11.3 Å². The zero-order valence-electron chi connectivity index (χ0n) is 29.0. The average molecular weight is 692 g/mol. The normalized spacial score (nSPS) is 12.7. The van der Waals surface area contributed by atoms with E-state index in [-0.39, 0.29) is 29.9 Å². The number of thiophene rings is 1. The van der Waals surface area contributed by atoms with E-state index in [1.165, 1.54) is 29.9 Å². The molecule has 0 unspecified atom stereocenters. The Kier molecular flexibility index (Phi) is 11.4. The minimum atomic E-state index is -1.15. The number of carbonyl (C=O) groups excluding carboxylic acids is 2. The van der Waals surface area contributed by atoms with Crippen molar-refractivity contribution in [1.29, 1.82) is 0 Å². The van der Waals surface area contributed by atoms with Crippen LogP contribution in [0.15, 0.2) is 91.3 Å². The zero-order chi connectivity index (χ0) is 36.0. The molecular weight excluding hydrogens is 650 g/mol. The smallest absolute Gasteiger partial charge is 0.325 e. The molecule has 0 saturated heterocycles. The zero-order valence-corrected chi connectivity index (χ0v) is 29.8. The quantitative estimate of drug-likeness (QED) is 0.119. The molecule has 0 bridgehead atoms. The molecular formula is C41H42FN3O4S. The predicted octanol–water partition coefficient (Wildman–Crippen LogP) is 8.95. The van der Waals surface area contributed by atoms with Gasteiger partial charge in [-0.05, 0) is 65.6 Å². The number of hydrogen-bond donors (Lipinski definition) is 2. The summed E-state index contributed by atoms with van der Waals surface area (Å²) >= 11 is 1.42. The third kappa shape index (κ3) is 8.95. The lowest BCUT2D eigenvalue weighted by Crippen LogP contribution is -2.42. The minimum absolute atomic E-state index is 0.0582. The lowest BCUT2D eigenvalue weighted by Gasteiger charge is -2.18. The number of rotatable bonds is 13. The first-order valence-corrected chi connectivity index (χ1v) is 17.6. The lowest BCUT2D eigenvalue weighted by molar-refractivity contribution is -0.141. The Morgan fingerprint density at radius 3 is 2.04 bits per heavy atom. The van der Waals surface area contributed by atoms with E-state index in [2.05, 4.69) is 55.1 Å². The van der Waals surface area contributed by atoms with E-state index in [0.717, 1.165) is 40.0 Å². The Morgan fingerprint density at radius 2 is 1.46 bits per heavy atom. The van der Waals surface area contributed by atoms with Gasteiger partial charge in [0.15, 0.2) is 11.6 Å². The van der Waals surface area contributed by atoms with Crippen LogP contribution < -0.4 is 5.32 Å². The molecule has 3 aromatic carbocycles. The van der Waals surface area contributed by atoms with Crippen molar-refractivity contribution in [3.8, 4) is 33.6 Å². The van der Waals surface area contributed by atoms with Crippen LogP contribution in [-0.2, 0) is 27.8 Å². The van der Waals surface area contributed by atoms with Crippen molar-refractivity contribution in [2.24, 2.45) is 5.92 Å². The maximum Gasteiger partial charge on any atom is 0.325 e. The van der Waals surface area contributed by atoms with E-state index in [0.29, 0.717) is 21.8 Å². The Morgan fingerprint density at radius 1 is 0.840 bits per heavy atom. The highest BCUT2D eigenvalue weighted by Crippen LogP contribution is 2.32. The summed E-state index contributed by atoms with van der Waals surface area (Å²) in [6, 6.07) is 23.3. The van der Waals surface area contributed by atoms with Crippen molar-refractivity contribution in [3.05, 3.63) is 118 Å². The van der Waals surface area contributed by atoms with E-state index in [9.17, 15) is 19.5 Å². The molecule has 9 heteroatoms. The average Bonchev–Trinajstić information content (AvgIpc) is 3.61. The molecule has 5 rings (SSSR count). The molecule has 50 heavy (non-hydrogen) atoms. The third-order valence-electron chi connectivity index (χ3n) is 8.60. The number of halogens is 1. The van der Waals surface area contributed by atoms with Crippen molar-refractivity contribution in [3.63, 3.8) is 0 Å². The number of nitrogens with one attached hydrogen (secondary N) is 1. The van der Waals surface area contributed by atoms with Crippen LogP contribution in [0.1, 0.15) is 73.1 Å². The van der Waals surface area contributed by atoms with Gasteiger partial charge >= 0.3 is 5.97 Å². The second-order valence-electron chi connectivity index (χ2n) is 13.6. The molecule has 0 radical (unpaired) electrons. The van der Waals surface area contributed by atoms with Crippen LogP contribution in [0.2, 0.25) is 0 Å². The first kappa shape index (κ1) is 36.3. The van der Waals surface area contributed by atoms with E-state index >= 15 is 4.39 Å². The van der Waals surface area contributed by atoms with E-state index in [1.807, 2.05) is 48.5 Å². The molecule has 0 aliphatic heterocycles. The second kappa shape index (κ2) is 15.7. The monoisotopic (exact) mass is 691 g/mol. The summed E-state index contributed by atoms with van der Waals surface area (Å²) in [7, 11) is 0. The molecule has 0 spiro atoms. The van der Waals surface area contributed by atoms with Gasteiger partial charge in [0.1, 0.15) is 11.9 Å². The highest BCUT2D eigenvalue weighted by atomic mass is 32.1. The number of carbonyl (C=O) groups is 3. The largest absolute Gasteiger partial charge is 0.480 e. The number of benzene rings is 3. The van der Waals surface area contributed by atoms with E-state index < -0.39 is 23.8 Å². The Labute approximate surface area is 296 Å². The van der Waals surface area contributed by atoms with Gasteiger partial charge in [0.25, 0.3) is 0 Å². The molecule has 0 saturated carbocycles. The summed E-state index contributed by atoms with van der Waals surface area (Å²) in [5.74, 6) is -2.48. The minimum Gasteiger partial charge on any atom is -0.480 e. The van der Waals surface area contributed by atoms with Crippen molar-refractivity contribution in [2.45, 2.75) is 71.8 Å². The number of ketones is 1. The molecule has 5 aromatic rings. The summed E-state index contributed by atoms with van der Waals surface area (Å²) in [6.07, 6.45) is 5.46. The second-order valence-corrected chi connectivity index (χ2v) is 14.7. The SMILES string of the molecule is CCCc1ccc(-c2ccc(-c3cnc(-c4ccc(C[C@H](CC(=O)c5ccc(C(C)(C)C)s5)C(=O)N[C@H](C)C(=O)O)cc4)nc3)c(F)c2)cc1. The van der Waals surface area contributed by atoms with Crippen molar-refractivity contribution < 1.29 is 23.9 Å². The molecule has 0 aliphatic rings. The first-order valence-electron chi connectivity index (χ1n) is 16.8. The standard InChI is InChI=1S/C41H42FN3O4S/c1-6-7-26-8-12-28(13-9-26)30-16-17-33(34(42)21-30)32-23-43-38(44-24-32)29-14-10-27(11-15-29)20-31(39(47)45-25(2)40(48)49)22-35(46)36-18-19-37(50-36)41(3,4)5/h8-19,21,23-25,31H,6-7,20,22H2,1-5H3,(H,45,47)(H,48,49)/t25-,31-/m1/s1. The fraction of sp³-hybridized carbons (Fsp3) is 0.293. The number of aromatic nitrogens is 2. The van der Waals surface area contributed by atoms with Crippen molar-refractivity contribution >= 4 is 29.0 Å². The summed E-state index contributed by atoms with van der Waals surface area (Å²) < 4.78 is 15.2. The highest BCUT2D eigenvalue weighted by molar-refractivity contribution is 7.14. The number of carboxylic acid groups (broad SMARTS) is 1. The Balaban J connectivity index is 1.29. The van der Waals surface area contributed by atoms with Gasteiger partial charge in [-0.1, -0.05) is 94.8 Å². The Hall–Kier alpha value is -5.02. The van der Waals surface area contributed by atoms with Gasteiger partial charge in [-0.25, -0.2) is 14.4 Å². The van der Waals surface area contributed by atoms with Gasteiger partial charge in [0.2, 0.25) is 5.91 Å². The molecule has 2 aromatic heterocycles. The van der Waals surface area contributed by atoms with Gasteiger partial charge in [-0.15, -0.1) is 11.3 Å². The van der Waals surface area contributed by atoms with Crippen LogP contribution in [0.3, 0.4) is 0 Å². The van der Waals surface area contributed by atoms with E-state index in [4.69, 9.17) is 0 Å². The van der Waals surface area contributed by atoms with Gasteiger partial charge in [0.05, 0.1) is 4.88 Å². The molecule has 2 N–H and O–H groups in total. The Bertz CT molecular complexity index is 1960. The molecule has 7 nitrogen and oxygen atoms in total. The first-order chi connectivity index (χ1) is 23.8. The maximum absolute atomic E-state index is 15.2. The topological polar surface area (TPSA) is 109 Å². The lowest BCUT2D eigenvalue weighted by atomic mass is 9.92. The van der Waals surface area contributed by atoms with Crippen LogP contribution in [0.25, 0.3) is 33.6 Å². The van der Waals surface area contributed by atoms with Gasteiger partial charge in [0, 0.05) is 46.3 Å². The molecule has 1 amide bonds. The number of carboxylic acids is 1. The van der Waals surface area contributed by atoms with Crippen LogP contribution in [-0.4, -0.2) is 38.8 Å². The van der Waals surface area contributed by atoms with Gasteiger partial charge in [-0.2, -0.15) is 0 Å². The van der Waals surface area contributed by atoms with Crippen molar-refractivity contribution in [1.82, 2.24) is 15.3 Å². The number of aryl methyl sites for hydroxylation is 1. The predicted molar refractivity (Wildman–Crippen MR) is 197 cm³/mol. The molecule has 0 fully saturated rings. The summed E-state index contributed by atoms with van der Waals surface area (Å²) in [4.78, 5) is 48.6. The summed E-state index contributed by atoms with van der Waals surface area (Å²) in [6.45, 7) is 9.76. The number of nitrogens with zero attached hydrogens (tertiary/aromatic N) is 2. The molecule has 2 atom stereocenters.